The van der Waals surface area contributed by atoms with Crippen LogP contribution in [0.15, 0.2) is 59.8 Å². The fourth-order valence-corrected chi connectivity index (χ4v) is 6.27. The van der Waals surface area contributed by atoms with Crippen LogP contribution in [0.5, 0.6) is 0 Å². The maximum atomic E-state index is 13.7. The molecule has 0 saturated heterocycles. The number of ether oxygens (including phenoxy) is 1. The van der Waals surface area contributed by atoms with Gasteiger partial charge in [0.2, 0.25) is 11.7 Å². The lowest BCUT2D eigenvalue weighted by Crippen LogP contribution is -2.44. The topological polar surface area (TPSA) is 107 Å². The highest BCUT2D eigenvalue weighted by atomic mass is 35.5. The third kappa shape index (κ3) is 4.46. The number of rotatable bonds is 3. The maximum Gasteiger partial charge on any atom is 0.410 e. The number of carbonyl (C=O) groups is 1. The van der Waals surface area contributed by atoms with E-state index in [1.54, 1.807) is 39.9 Å². The third-order valence-electron chi connectivity index (χ3n) is 7.71. The van der Waals surface area contributed by atoms with E-state index in [0.717, 1.165) is 24.1 Å². The highest BCUT2D eigenvalue weighted by Gasteiger charge is 2.50. The van der Waals surface area contributed by atoms with Crippen molar-refractivity contribution < 1.29 is 9.53 Å². The molecule has 0 atom stereocenters. The number of nitrogens with one attached hydrogen (secondary N) is 1. The summed E-state index contributed by atoms with van der Waals surface area (Å²) < 4.78 is 8.74. The van der Waals surface area contributed by atoms with Crippen LogP contribution in [0, 0.1) is 0 Å². The Morgan fingerprint density at radius 3 is 2.57 bits per heavy atom. The summed E-state index contributed by atoms with van der Waals surface area (Å²) in [6, 6.07) is 11.2. The second kappa shape index (κ2) is 9.43. The molecule has 3 aromatic heterocycles. The average Bonchev–Trinajstić information content (AvgIpc) is 3.51. The van der Waals surface area contributed by atoms with Crippen molar-refractivity contribution >= 4 is 57.7 Å². The molecule has 12 heteroatoms. The van der Waals surface area contributed by atoms with Gasteiger partial charge in [0, 0.05) is 42.8 Å². The van der Waals surface area contributed by atoms with Crippen LogP contribution in [-0.4, -0.2) is 47.1 Å². The van der Waals surface area contributed by atoms with Crippen LogP contribution < -0.4 is 10.9 Å². The first-order chi connectivity index (χ1) is 20.0. The van der Waals surface area contributed by atoms with Crippen molar-refractivity contribution in [3.8, 4) is 5.69 Å². The lowest BCUT2D eigenvalue weighted by molar-refractivity contribution is 0.0197. The first-order valence-electron chi connectivity index (χ1n) is 13.6. The molecule has 1 saturated carbocycles. The van der Waals surface area contributed by atoms with Crippen molar-refractivity contribution in [2.45, 2.75) is 51.2 Å². The number of amides is 1. The minimum Gasteiger partial charge on any atom is -0.444 e. The van der Waals surface area contributed by atoms with E-state index >= 15 is 0 Å². The summed E-state index contributed by atoms with van der Waals surface area (Å²) in [5, 5.41) is 4.19. The predicted octanol–water partition coefficient (Wildman–Crippen LogP) is 6.26. The van der Waals surface area contributed by atoms with Gasteiger partial charge >= 0.3 is 6.09 Å². The number of nitrogens with zero attached hydrogens (tertiary/aromatic N) is 6. The monoisotopic (exact) mass is 603 g/mol. The van der Waals surface area contributed by atoms with Crippen molar-refractivity contribution in [3.63, 3.8) is 0 Å². The smallest absolute Gasteiger partial charge is 0.410 e. The molecule has 2 aliphatic rings. The number of halogens is 2. The number of carbonyl (C=O) groups excluding carboxylic acids is 1. The summed E-state index contributed by atoms with van der Waals surface area (Å²) in [5.41, 5.74) is 2.86. The number of imidazole rings is 1. The zero-order valence-electron chi connectivity index (χ0n) is 23.2. The van der Waals surface area contributed by atoms with Crippen LogP contribution in [0.3, 0.4) is 0 Å². The average molecular weight is 604 g/mol. The number of benzene rings is 2. The van der Waals surface area contributed by atoms with E-state index in [2.05, 4.69) is 26.3 Å². The van der Waals surface area contributed by atoms with E-state index < -0.39 is 11.2 Å². The van der Waals surface area contributed by atoms with Crippen LogP contribution >= 0.6 is 23.2 Å². The van der Waals surface area contributed by atoms with Crippen LogP contribution in [0.2, 0.25) is 10.0 Å². The molecule has 1 aliphatic carbocycles. The molecule has 7 rings (SSSR count). The summed E-state index contributed by atoms with van der Waals surface area (Å²) in [6.45, 7) is 6.74. The lowest BCUT2D eigenvalue weighted by Gasteiger charge is -2.36. The lowest BCUT2D eigenvalue weighted by atomic mass is 9.87. The van der Waals surface area contributed by atoms with Gasteiger partial charge < -0.3 is 15.0 Å². The molecule has 214 valence electrons. The molecule has 0 radical (unpaired) electrons. The number of hydrogen-bond donors (Lipinski definition) is 1. The number of fused-ring (bicyclic) bond motifs is 5. The molecule has 0 unspecified atom stereocenters. The highest BCUT2D eigenvalue weighted by molar-refractivity contribution is 6.37. The molecular weight excluding hydrogens is 577 g/mol. The second-order valence-corrected chi connectivity index (χ2v) is 12.7. The SMILES string of the molecule is CC(C)(C)OC(=O)N1Cc2cc(Nc3ncc4c(=O)n(-c5c(Cl)cccc5Cl)c5nccn5c4n3)ccc2C2(CC2)C1. The molecule has 0 bridgehead atoms. The van der Waals surface area contributed by atoms with Gasteiger partial charge in [-0.1, -0.05) is 35.3 Å². The summed E-state index contributed by atoms with van der Waals surface area (Å²) in [5.74, 6) is 0.629. The van der Waals surface area contributed by atoms with Crippen molar-refractivity contribution in [3.05, 3.63) is 86.5 Å². The predicted molar refractivity (Wildman–Crippen MR) is 161 cm³/mol. The van der Waals surface area contributed by atoms with Crippen molar-refractivity contribution in [2.75, 3.05) is 11.9 Å². The fourth-order valence-electron chi connectivity index (χ4n) is 5.70. The van der Waals surface area contributed by atoms with Crippen LogP contribution in [-0.2, 0) is 16.7 Å². The molecule has 1 amide bonds. The molecule has 1 fully saturated rings. The van der Waals surface area contributed by atoms with Gasteiger partial charge in [0.25, 0.3) is 5.56 Å². The Labute approximate surface area is 250 Å². The van der Waals surface area contributed by atoms with Gasteiger partial charge in [-0.15, -0.1) is 0 Å². The molecule has 1 N–H and O–H groups in total. The molecule has 5 aromatic rings. The van der Waals surface area contributed by atoms with Gasteiger partial charge in [0.1, 0.15) is 11.0 Å². The molecule has 2 aromatic carbocycles. The minimum atomic E-state index is -0.561. The standard InChI is InChI=1S/C30H27Cl2N7O3/c1-29(2,3)42-28(41)37-15-17-13-18(7-8-20(17)30(16-37)9-10-30)35-26-34-14-19-24(36-26)38-12-11-33-27(38)39(25(19)40)23-21(31)5-4-6-22(23)32/h4-8,11-14H,9-10,15-16H2,1-3H3,(H,34,35,36). The third-order valence-corrected chi connectivity index (χ3v) is 8.32. The summed E-state index contributed by atoms with van der Waals surface area (Å²) in [4.78, 5) is 41.9. The Morgan fingerprint density at radius 2 is 1.86 bits per heavy atom. The largest absolute Gasteiger partial charge is 0.444 e. The van der Waals surface area contributed by atoms with Crippen molar-refractivity contribution in [2.24, 2.45) is 0 Å². The summed E-state index contributed by atoms with van der Waals surface area (Å²) >= 11 is 12.9. The molecule has 10 nitrogen and oxygen atoms in total. The van der Waals surface area contributed by atoms with Gasteiger partial charge in [-0.2, -0.15) is 4.98 Å². The molecule has 42 heavy (non-hydrogen) atoms. The maximum absolute atomic E-state index is 13.7. The summed E-state index contributed by atoms with van der Waals surface area (Å²) in [7, 11) is 0. The van der Waals surface area contributed by atoms with Crippen molar-refractivity contribution in [1.82, 2.24) is 28.8 Å². The van der Waals surface area contributed by atoms with Crippen LogP contribution in [0.25, 0.3) is 22.5 Å². The molecular formula is C30H27Cl2N7O3. The van der Waals surface area contributed by atoms with E-state index in [9.17, 15) is 9.59 Å². The zero-order valence-corrected chi connectivity index (χ0v) is 24.7. The molecule has 1 aliphatic heterocycles. The van der Waals surface area contributed by atoms with Gasteiger partial charge in [-0.25, -0.2) is 19.3 Å². The normalized spacial score (nSPS) is 15.7. The molecule has 1 spiro atoms. The van der Waals surface area contributed by atoms with Gasteiger partial charge in [0.05, 0.1) is 15.7 Å². The Kier molecular flexibility index (Phi) is 6.00. The number of anilines is 2. The van der Waals surface area contributed by atoms with Crippen LogP contribution in [0.4, 0.5) is 16.4 Å². The Hall–Kier alpha value is -4.15. The summed E-state index contributed by atoms with van der Waals surface area (Å²) in [6.07, 6.45) is 6.56. The van der Waals surface area contributed by atoms with E-state index in [1.165, 1.54) is 16.3 Å². The van der Waals surface area contributed by atoms with E-state index in [4.69, 9.17) is 27.9 Å². The van der Waals surface area contributed by atoms with E-state index in [1.807, 2.05) is 32.9 Å². The number of para-hydroxylation sites is 1. The molecule has 4 heterocycles. The highest BCUT2D eigenvalue weighted by Crippen LogP contribution is 2.53. The number of aromatic nitrogens is 5. The van der Waals surface area contributed by atoms with Gasteiger partial charge in [-0.3, -0.25) is 9.20 Å². The minimum absolute atomic E-state index is 0.0139. The van der Waals surface area contributed by atoms with Crippen LogP contribution in [0.1, 0.15) is 44.7 Å². The Morgan fingerprint density at radius 1 is 1.10 bits per heavy atom. The fraction of sp³-hybridized carbons (Fsp3) is 0.300. The van der Waals surface area contributed by atoms with Crippen molar-refractivity contribution in [1.29, 1.82) is 0 Å². The first-order valence-corrected chi connectivity index (χ1v) is 14.4. The van der Waals surface area contributed by atoms with Gasteiger partial charge in [-0.05, 0) is 69.0 Å². The first kappa shape index (κ1) is 26.7. The van der Waals surface area contributed by atoms with Gasteiger partial charge in [0.15, 0.2) is 5.65 Å². The zero-order chi connectivity index (χ0) is 29.4. The number of hydrogen-bond acceptors (Lipinski definition) is 7. The Bertz CT molecular complexity index is 1950. The van der Waals surface area contributed by atoms with E-state index in [0.29, 0.717) is 46.2 Å². The second-order valence-electron chi connectivity index (χ2n) is 11.9. The van der Waals surface area contributed by atoms with E-state index in [-0.39, 0.29) is 16.9 Å². The quantitative estimate of drug-likeness (QED) is 0.259. The Balaban J connectivity index is 1.25.